The first kappa shape index (κ1) is 27.7. The van der Waals surface area contributed by atoms with Crippen LogP contribution in [0, 0.1) is 5.92 Å². The van der Waals surface area contributed by atoms with E-state index in [1.165, 1.54) is 17.7 Å². The summed E-state index contributed by atoms with van der Waals surface area (Å²) in [5.41, 5.74) is 2.18. The molecule has 0 aromatic rings. The Balaban J connectivity index is 1.45. The molecule has 8 atom stereocenters. The predicted octanol–water partition coefficient (Wildman–Crippen LogP) is 4.31. The van der Waals surface area contributed by atoms with Gasteiger partial charge in [-0.2, -0.15) is 0 Å². The molecule has 0 aliphatic carbocycles. The summed E-state index contributed by atoms with van der Waals surface area (Å²) in [6.07, 6.45) is 14.2. The second-order valence-corrected chi connectivity index (χ2v) is 10.9. The Kier molecular flexibility index (Phi) is 9.71. The van der Waals surface area contributed by atoms with E-state index in [0.29, 0.717) is 25.4 Å². The number of ether oxygens (including phenoxy) is 4. The molecule has 1 saturated heterocycles. The highest BCUT2D eigenvalue weighted by Crippen LogP contribution is 2.34. The van der Waals surface area contributed by atoms with Crippen LogP contribution in [0.3, 0.4) is 0 Å². The minimum Gasteiger partial charge on any atom is -0.451 e. The monoisotopic (exact) mass is 512 g/mol. The highest BCUT2D eigenvalue weighted by molar-refractivity contribution is 5.96. The van der Waals surface area contributed by atoms with Gasteiger partial charge in [0.05, 0.1) is 37.1 Å². The fourth-order valence-electron chi connectivity index (χ4n) is 5.34. The second kappa shape index (κ2) is 13.0. The van der Waals surface area contributed by atoms with Crippen LogP contribution >= 0.6 is 0 Å². The number of esters is 1. The van der Waals surface area contributed by atoms with Gasteiger partial charge in [-0.15, -0.1) is 0 Å². The van der Waals surface area contributed by atoms with Crippen LogP contribution in [0.5, 0.6) is 0 Å². The van der Waals surface area contributed by atoms with Crippen LogP contribution in [0.25, 0.3) is 0 Å². The topological polar surface area (TPSA) is 94.6 Å². The Labute approximate surface area is 219 Å². The number of fused-ring (bicyclic) bond motifs is 3. The van der Waals surface area contributed by atoms with E-state index in [2.05, 4.69) is 19.6 Å². The predicted molar refractivity (Wildman–Crippen MR) is 140 cm³/mol. The van der Waals surface area contributed by atoms with Gasteiger partial charge in [-0.3, -0.25) is 4.79 Å². The van der Waals surface area contributed by atoms with Crippen LogP contribution in [0.15, 0.2) is 60.3 Å². The first-order valence-electron chi connectivity index (χ1n) is 13.5. The third-order valence-corrected chi connectivity index (χ3v) is 7.30. The zero-order valence-corrected chi connectivity index (χ0v) is 21.9. The van der Waals surface area contributed by atoms with Crippen molar-refractivity contribution in [3.63, 3.8) is 0 Å². The molecule has 0 radical (unpaired) electrons. The molecule has 0 unspecified atom stereocenters. The van der Waals surface area contributed by atoms with Gasteiger partial charge in [0.2, 0.25) is 0 Å². The lowest BCUT2D eigenvalue weighted by Crippen LogP contribution is -2.29. The molecule has 4 heterocycles. The van der Waals surface area contributed by atoms with Gasteiger partial charge in [0.15, 0.2) is 11.9 Å². The largest absolute Gasteiger partial charge is 0.451 e. The van der Waals surface area contributed by atoms with E-state index in [9.17, 15) is 14.7 Å². The maximum Gasteiger partial charge on any atom is 0.331 e. The summed E-state index contributed by atoms with van der Waals surface area (Å²) >= 11 is 0. The fourth-order valence-corrected chi connectivity index (χ4v) is 5.34. The van der Waals surface area contributed by atoms with Crippen molar-refractivity contribution in [1.29, 1.82) is 0 Å². The summed E-state index contributed by atoms with van der Waals surface area (Å²) < 4.78 is 23.2. The number of aliphatic hydroxyl groups excluding tert-OH is 1. The molecule has 4 aliphatic heterocycles. The third-order valence-electron chi connectivity index (χ3n) is 7.30. The van der Waals surface area contributed by atoms with Crippen LogP contribution < -0.4 is 0 Å². The molecule has 202 valence electrons. The van der Waals surface area contributed by atoms with Crippen LogP contribution in [-0.2, 0) is 28.5 Å². The van der Waals surface area contributed by atoms with Crippen molar-refractivity contribution in [2.75, 3.05) is 6.61 Å². The van der Waals surface area contributed by atoms with Crippen LogP contribution in [0.1, 0.15) is 58.8 Å². The molecule has 0 aromatic carbocycles. The SMILES string of the molecule is C=C1C[C@H](C)C[C@@H]2CC=C[C@@H](C/C=C/C(=O)O[C@H](C(=O)/C=C/[C@@H]3CC(C)=CCO3)C[C@H]3O[C@H]3[C@@H](O)C1)O2. The fraction of sp³-hybridized carbons (Fsp3) is 0.600. The Morgan fingerprint density at radius 1 is 1.14 bits per heavy atom. The standard InChI is InChI=1S/C30H40O7/c1-19-12-13-34-23(15-19)10-11-25(31)27-18-28-30(37-28)26(32)17-21(3)14-20(2)16-24-8-4-6-22(35-24)7-5-9-29(33)36-27/h4-6,9-12,20,22-24,26-28,30,32H,3,7-8,13-18H2,1-2H3/b9-5+,11-10+/t20-,22-,23+,24-,26-,27-,28+,30-/m0/s1. The molecule has 0 spiro atoms. The Morgan fingerprint density at radius 2 is 1.97 bits per heavy atom. The van der Waals surface area contributed by atoms with Crippen LogP contribution in [0.4, 0.5) is 0 Å². The van der Waals surface area contributed by atoms with Gasteiger partial charge in [0.1, 0.15) is 6.10 Å². The highest BCUT2D eigenvalue weighted by atomic mass is 16.6. The molecule has 7 nitrogen and oxygen atoms in total. The average Bonchev–Trinajstić information content (AvgIpc) is 3.61. The van der Waals surface area contributed by atoms with E-state index in [1.54, 1.807) is 12.2 Å². The summed E-state index contributed by atoms with van der Waals surface area (Å²) in [6, 6.07) is 0. The number of hydrogen-bond donors (Lipinski definition) is 1. The number of aliphatic hydroxyl groups is 1. The number of rotatable bonds is 3. The Bertz CT molecular complexity index is 961. The molecule has 4 aliphatic rings. The molecule has 0 saturated carbocycles. The Morgan fingerprint density at radius 3 is 2.78 bits per heavy atom. The first-order valence-corrected chi connectivity index (χ1v) is 13.5. The molecule has 7 heteroatoms. The maximum atomic E-state index is 13.0. The number of carbonyl (C=O) groups is 2. The van der Waals surface area contributed by atoms with Crippen molar-refractivity contribution in [2.24, 2.45) is 5.92 Å². The van der Waals surface area contributed by atoms with E-state index in [0.717, 1.165) is 31.3 Å². The van der Waals surface area contributed by atoms with Gasteiger partial charge in [-0.25, -0.2) is 4.79 Å². The Hall–Kier alpha value is -2.32. The third kappa shape index (κ3) is 8.60. The van der Waals surface area contributed by atoms with Gasteiger partial charge in [0.25, 0.3) is 0 Å². The average molecular weight is 513 g/mol. The minimum absolute atomic E-state index is 0.104. The molecule has 1 fully saturated rings. The summed E-state index contributed by atoms with van der Waals surface area (Å²) in [6.45, 7) is 8.90. The molecule has 0 aromatic heterocycles. The molecule has 0 amide bonds. The van der Waals surface area contributed by atoms with E-state index in [1.807, 2.05) is 19.1 Å². The van der Waals surface area contributed by atoms with Crippen molar-refractivity contribution in [3.05, 3.63) is 60.3 Å². The van der Waals surface area contributed by atoms with E-state index >= 15 is 0 Å². The molecular weight excluding hydrogens is 472 g/mol. The maximum absolute atomic E-state index is 13.0. The van der Waals surface area contributed by atoms with E-state index < -0.39 is 24.3 Å². The van der Waals surface area contributed by atoms with Crippen molar-refractivity contribution < 1.29 is 33.6 Å². The van der Waals surface area contributed by atoms with E-state index in [-0.39, 0.29) is 36.6 Å². The zero-order valence-electron chi connectivity index (χ0n) is 21.9. The lowest BCUT2D eigenvalue weighted by Gasteiger charge is -2.28. The zero-order chi connectivity index (χ0) is 26.4. The summed E-state index contributed by atoms with van der Waals surface area (Å²) in [7, 11) is 0. The van der Waals surface area contributed by atoms with E-state index in [4.69, 9.17) is 18.9 Å². The van der Waals surface area contributed by atoms with Crippen molar-refractivity contribution >= 4 is 11.8 Å². The normalized spacial score (nSPS) is 38.6. The molecule has 2 bridgehead atoms. The number of carbonyl (C=O) groups excluding carboxylic acids is 2. The highest BCUT2D eigenvalue weighted by Gasteiger charge is 2.46. The van der Waals surface area contributed by atoms with Crippen LogP contribution in [0.2, 0.25) is 0 Å². The molecular formula is C30H40O7. The lowest BCUT2D eigenvalue weighted by atomic mass is 9.91. The molecule has 4 rings (SSSR count). The number of cyclic esters (lactones) is 1. The van der Waals surface area contributed by atoms with Gasteiger partial charge >= 0.3 is 5.97 Å². The summed E-state index contributed by atoms with van der Waals surface area (Å²) in [5.74, 6) is -0.537. The first-order chi connectivity index (χ1) is 17.8. The minimum atomic E-state index is -1.01. The second-order valence-electron chi connectivity index (χ2n) is 10.9. The van der Waals surface area contributed by atoms with Gasteiger partial charge < -0.3 is 24.1 Å². The lowest BCUT2D eigenvalue weighted by molar-refractivity contribution is -0.149. The summed E-state index contributed by atoms with van der Waals surface area (Å²) in [4.78, 5) is 25.7. The quantitative estimate of drug-likeness (QED) is 0.261. The number of epoxide rings is 1. The van der Waals surface area contributed by atoms with Crippen molar-refractivity contribution in [2.45, 2.75) is 102 Å². The van der Waals surface area contributed by atoms with Gasteiger partial charge in [-0.05, 0) is 57.4 Å². The van der Waals surface area contributed by atoms with Crippen molar-refractivity contribution in [3.8, 4) is 0 Å². The van der Waals surface area contributed by atoms with Crippen molar-refractivity contribution in [1.82, 2.24) is 0 Å². The summed E-state index contributed by atoms with van der Waals surface area (Å²) in [5, 5.41) is 10.7. The molecule has 37 heavy (non-hydrogen) atoms. The molecule has 1 N–H and O–H groups in total. The van der Waals surface area contributed by atoms with Crippen LogP contribution in [-0.4, -0.2) is 66.2 Å². The van der Waals surface area contributed by atoms with Gasteiger partial charge in [-0.1, -0.05) is 55.0 Å². The number of ketones is 1. The number of hydrogen-bond acceptors (Lipinski definition) is 7. The van der Waals surface area contributed by atoms with Gasteiger partial charge in [0, 0.05) is 12.5 Å². The smallest absolute Gasteiger partial charge is 0.331 e.